The quantitative estimate of drug-likeness (QED) is 0.767. The van der Waals surface area contributed by atoms with E-state index in [0.29, 0.717) is 6.54 Å². The van der Waals surface area contributed by atoms with Gasteiger partial charge < -0.3 is 4.90 Å². The molecule has 0 saturated carbocycles. The molecule has 0 aromatic carbocycles. The van der Waals surface area contributed by atoms with E-state index in [1.807, 2.05) is 49.3 Å². The lowest BCUT2D eigenvalue weighted by Gasteiger charge is -2.10. The molecular formula is C12H15N3O. The second-order valence-electron chi connectivity index (χ2n) is 4.03. The van der Waals surface area contributed by atoms with Crippen molar-refractivity contribution in [2.45, 2.75) is 6.54 Å². The Morgan fingerprint density at radius 2 is 2.00 bits per heavy atom. The third-order valence-electron chi connectivity index (χ3n) is 2.50. The Bertz CT molecular complexity index is 504. The molecule has 4 heteroatoms. The molecule has 0 spiro atoms. The number of imidazole rings is 1. The third-order valence-corrected chi connectivity index (χ3v) is 2.50. The summed E-state index contributed by atoms with van der Waals surface area (Å²) in [6.07, 6.45) is 0. The minimum Gasteiger partial charge on any atom is -0.308 e. The molecule has 0 fully saturated rings. The van der Waals surface area contributed by atoms with Crippen LogP contribution in [0.15, 0.2) is 35.1 Å². The molecule has 0 N–H and O–H groups in total. The van der Waals surface area contributed by atoms with E-state index in [1.54, 1.807) is 4.57 Å². The van der Waals surface area contributed by atoms with Gasteiger partial charge in [-0.2, -0.15) is 4.98 Å². The Kier molecular flexibility index (Phi) is 3.01. The Hall–Kier alpha value is -1.68. The number of hydrogen-bond donors (Lipinski definition) is 0. The summed E-state index contributed by atoms with van der Waals surface area (Å²) in [6.45, 7) is 1.51. The second-order valence-corrected chi connectivity index (χ2v) is 4.03. The predicted molar refractivity (Wildman–Crippen MR) is 63.7 cm³/mol. The zero-order chi connectivity index (χ0) is 11.5. The number of fused-ring (bicyclic) bond motifs is 1. The zero-order valence-electron chi connectivity index (χ0n) is 9.55. The fourth-order valence-electron chi connectivity index (χ4n) is 1.63. The first-order chi connectivity index (χ1) is 7.68. The van der Waals surface area contributed by atoms with Crippen molar-refractivity contribution in [3.63, 3.8) is 0 Å². The molecule has 1 aliphatic heterocycles. The second kappa shape index (κ2) is 4.45. The summed E-state index contributed by atoms with van der Waals surface area (Å²) in [5.41, 5.74) is 1.49. The largest absolute Gasteiger partial charge is 0.348 e. The van der Waals surface area contributed by atoms with Crippen molar-refractivity contribution in [3.8, 4) is 11.4 Å². The van der Waals surface area contributed by atoms with Gasteiger partial charge >= 0.3 is 5.69 Å². The maximum absolute atomic E-state index is 11.7. The van der Waals surface area contributed by atoms with Gasteiger partial charge in [0.05, 0.1) is 11.4 Å². The first-order valence-corrected chi connectivity index (χ1v) is 5.29. The summed E-state index contributed by atoms with van der Waals surface area (Å²) >= 11 is 0. The lowest BCUT2D eigenvalue weighted by atomic mass is 10.3. The van der Waals surface area contributed by atoms with E-state index in [-0.39, 0.29) is 5.69 Å². The molecule has 0 aromatic rings. The predicted octanol–water partition coefficient (Wildman–Crippen LogP) is 0.910. The van der Waals surface area contributed by atoms with Gasteiger partial charge in [0.1, 0.15) is 0 Å². The van der Waals surface area contributed by atoms with E-state index in [9.17, 15) is 4.79 Å². The topological polar surface area (TPSA) is 38.1 Å². The monoisotopic (exact) mass is 217 g/mol. The number of nitrogens with zero attached hydrogens (tertiary/aromatic N) is 3. The van der Waals surface area contributed by atoms with Crippen LogP contribution in [-0.2, 0) is 6.54 Å². The maximum Gasteiger partial charge on any atom is 0.348 e. The first kappa shape index (κ1) is 10.8. The van der Waals surface area contributed by atoms with Crippen molar-refractivity contribution < 1.29 is 0 Å². The van der Waals surface area contributed by atoms with Crippen molar-refractivity contribution in [1.82, 2.24) is 14.5 Å². The molecular weight excluding hydrogens is 202 g/mol. The highest BCUT2D eigenvalue weighted by Gasteiger charge is 2.11. The van der Waals surface area contributed by atoms with Crippen LogP contribution in [0.3, 0.4) is 0 Å². The van der Waals surface area contributed by atoms with Crippen LogP contribution in [0.5, 0.6) is 0 Å². The highest BCUT2D eigenvalue weighted by molar-refractivity contribution is 5.55. The van der Waals surface area contributed by atoms with E-state index >= 15 is 0 Å². The standard InChI is InChI=1S/C12H15N3O/c1-14(2)8-9-15-11-7-5-3-4-6-10(11)13-12(15)16/h3-7H,8-9H2,1-2H3. The fraction of sp³-hybridized carbons (Fsp3) is 0.333. The van der Waals surface area contributed by atoms with Crippen LogP contribution in [-0.4, -0.2) is 35.1 Å². The van der Waals surface area contributed by atoms with Gasteiger partial charge in [0.15, 0.2) is 0 Å². The molecule has 2 rings (SSSR count). The van der Waals surface area contributed by atoms with Gasteiger partial charge in [-0.1, -0.05) is 18.2 Å². The number of likely N-dealkylation sites (N-methyl/N-ethyl adjacent to an activating group) is 1. The van der Waals surface area contributed by atoms with Gasteiger partial charge in [-0.3, -0.25) is 4.57 Å². The van der Waals surface area contributed by atoms with E-state index in [4.69, 9.17) is 0 Å². The normalized spacial score (nSPS) is 11.2. The average molecular weight is 217 g/mol. The molecule has 84 valence electrons. The van der Waals surface area contributed by atoms with Gasteiger partial charge in [-0.15, -0.1) is 0 Å². The minimum atomic E-state index is -0.164. The Labute approximate surface area is 94.5 Å². The summed E-state index contributed by atoms with van der Waals surface area (Å²) in [5.74, 6) is 0. The van der Waals surface area contributed by atoms with Gasteiger partial charge in [0.25, 0.3) is 0 Å². The van der Waals surface area contributed by atoms with E-state index in [1.165, 1.54) is 0 Å². The summed E-state index contributed by atoms with van der Waals surface area (Å²) in [4.78, 5) is 17.8. The van der Waals surface area contributed by atoms with Crippen molar-refractivity contribution in [2.24, 2.45) is 0 Å². The molecule has 0 saturated heterocycles. The van der Waals surface area contributed by atoms with Gasteiger partial charge in [-0.05, 0) is 26.2 Å². The van der Waals surface area contributed by atoms with Gasteiger partial charge in [0.2, 0.25) is 0 Å². The Balaban J connectivity index is 2.40. The van der Waals surface area contributed by atoms with Crippen molar-refractivity contribution in [2.75, 3.05) is 20.6 Å². The lowest BCUT2D eigenvalue weighted by Crippen LogP contribution is -2.24. The fourth-order valence-corrected chi connectivity index (χ4v) is 1.63. The van der Waals surface area contributed by atoms with Crippen LogP contribution in [0.25, 0.3) is 11.4 Å². The molecule has 0 aromatic heterocycles. The molecule has 0 radical (unpaired) electrons. The highest BCUT2D eigenvalue weighted by atomic mass is 16.1. The molecule has 0 amide bonds. The summed E-state index contributed by atoms with van der Waals surface area (Å²) in [5, 5.41) is 0. The molecule has 1 heterocycles. The first-order valence-electron chi connectivity index (χ1n) is 5.29. The SMILES string of the molecule is CN(C)CCn1c2cccccc-2nc1=O. The minimum absolute atomic E-state index is 0.164. The number of rotatable bonds is 3. The molecule has 1 aliphatic carbocycles. The Morgan fingerprint density at radius 3 is 2.75 bits per heavy atom. The van der Waals surface area contributed by atoms with Crippen LogP contribution >= 0.6 is 0 Å². The van der Waals surface area contributed by atoms with Crippen LogP contribution in [0.1, 0.15) is 0 Å². The molecule has 0 atom stereocenters. The highest BCUT2D eigenvalue weighted by Crippen LogP contribution is 2.15. The van der Waals surface area contributed by atoms with Crippen molar-refractivity contribution in [1.29, 1.82) is 0 Å². The maximum atomic E-state index is 11.7. The number of hydrogen-bond acceptors (Lipinski definition) is 3. The summed E-state index contributed by atoms with van der Waals surface area (Å²) in [6, 6.07) is 9.55. The zero-order valence-corrected chi connectivity index (χ0v) is 9.55. The summed E-state index contributed by atoms with van der Waals surface area (Å²) < 4.78 is 1.72. The van der Waals surface area contributed by atoms with E-state index in [2.05, 4.69) is 4.98 Å². The van der Waals surface area contributed by atoms with Gasteiger partial charge in [-0.25, -0.2) is 4.79 Å². The molecule has 0 bridgehead atoms. The number of aromatic nitrogens is 2. The van der Waals surface area contributed by atoms with Crippen LogP contribution in [0.2, 0.25) is 0 Å². The Morgan fingerprint density at radius 1 is 1.25 bits per heavy atom. The van der Waals surface area contributed by atoms with Gasteiger partial charge in [0, 0.05) is 13.1 Å². The molecule has 4 nitrogen and oxygen atoms in total. The molecule has 0 unspecified atom stereocenters. The lowest BCUT2D eigenvalue weighted by molar-refractivity contribution is 0.382. The van der Waals surface area contributed by atoms with Crippen LogP contribution < -0.4 is 5.69 Å². The summed E-state index contributed by atoms with van der Waals surface area (Å²) in [7, 11) is 3.98. The smallest absolute Gasteiger partial charge is 0.308 e. The third kappa shape index (κ3) is 2.12. The van der Waals surface area contributed by atoms with E-state index < -0.39 is 0 Å². The van der Waals surface area contributed by atoms with Crippen molar-refractivity contribution >= 4 is 0 Å². The molecule has 2 aliphatic rings. The van der Waals surface area contributed by atoms with Crippen LogP contribution in [0, 0.1) is 0 Å². The van der Waals surface area contributed by atoms with Crippen LogP contribution in [0.4, 0.5) is 0 Å². The van der Waals surface area contributed by atoms with E-state index in [0.717, 1.165) is 17.9 Å². The molecule has 16 heavy (non-hydrogen) atoms. The van der Waals surface area contributed by atoms with Crippen molar-refractivity contribution in [3.05, 3.63) is 40.8 Å². The average Bonchev–Trinajstić information content (AvgIpc) is 2.40.